The fourth-order valence-electron chi connectivity index (χ4n) is 4.75. The van der Waals surface area contributed by atoms with Crippen LogP contribution in [0.2, 0.25) is 0 Å². The molecule has 2 fully saturated rings. The molecule has 2 aliphatic rings. The molecular weight excluding hydrogens is 483 g/mol. The normalized spacial score (nSPS) is 16.6. The lowest BCUT2D eigenvalue weighted by atomic mass is 10.1. The smallest absolute Gasteiger partial charge is 0.406 e. The molecule has 37 heavy (non-hydrogen) atoms. The number of nitrogens with zero attached hydrogens (tertiary/aromatic N) is 3. The maximum absolute atomic E-state index is 13.0. The highest BCUT2D eigenvalue weighted by atomic mass is 19.4. The van der Waals surface area contributed by atoms with Crippen molar-refractivity contribution in [2.24, 2.45) is 0 Å². The Kier molecular flexibility index (Phi) is 6.88. The molecule has 192 valence electrons. The number of halogens is 3. The van der Waals surface area contributed by atoms with Gasteiger partial charge >= 0.3 is 12.4 Å². The molecule has 0 radical (unpaired) electrons. The molecule has 3 aromatic carbocycles. The van der Waals surface area contributed by atoms with Crippen molar-refractivity contribution in [3.05, 3.63) is 83.9 Å². The minimum absolute atomic E-state index is 0.00319. The highest BCUT2D eigenvalue weighted by Gasteiger charge is 2.37. The molecule has 0 aromatic heterocycles. The summed E-state index contributed by atoms with van der Waals surface area (Å²) in [7, 11) is 0. The number of urea groups is 1. The van der Waals surface area contributed by atoms with Crippen molar-refractivity contribution >= 4 is 17.6 Å². The van der Waals surface area contributed by atoms with Gasteiger partial charge in [0.25, 0.3) is 5.91 Å². The molecule has 0 bridgehead atoms. The number of rotatable bonds is 7. The molecule has 0 N–H and O–H groups in total. The van der Waals surface area contributed by atoms with Crippen molar-refractivity contribution in [3.63, 3.8) is 0 Å². The van der Waals surface area contributed by atoms with Gasteiger partial charge in [0.2, 0.25) is 0 Å². The molecule has 9 heteroatoms. The SMILES string of the molecule is O=C1CN(Cc2ccc(CN3CCCC3)cc2)C(=O)N1c1ccc(-c2ccc(OC(F)(F)F)cc2)cc1. The highest BCUT2D eigenvalue weighted by molar-refractivity contribution is 6.19. The third kappa shape index (κ3) is 5.94. The van der Waals surface area contributed by atoms with Gasteiger partial charge in [0.1, 0.15) is 12.3 Å². The summed E-state index contributed by atoms with van der Waals surface area (Å²) in [6.45, 7) is 3.53. The first kappa shape index (κ1) is 24.8. The maximum Gasteiger partial charge on any atom is 0.573 e. The van der Waals surface area contributed by atoms with Crippen molar-refractivity contribution in [3.8, 4) is 16.9 Å². The van der Waals surface area contributed by atoms with E-state index >= 15 is 0 Å². The van der Waals surface area contributed by atoms with E-state index in [-0.39, 0.29) is 24.2 Å². The highest BCUT2D eigenvalue weighted by Crippen LogP contribution is 2.29. The quantitative estimate of drug-likeness (QED) is 0.377. The number of hydrogen-bond acceptors (Lipinski definition) is 4. The van der Waals surface area contributed by atoms with E-state index in [1.165, 1.54) is 47.6 Å². The molecule has 2 saturated heterocycles. The summed E-state index contributed by atoms with van der Waals surface area (Å²) in [4.78, 5) is 30.8. The molecule has 0 atom stereocenters. The number of benzene rings is 3. The Morgan fingerprint density at radius 2 is 1.27 bits per heavy atom. The van der Waals surface area contributed by atoms with Crippen LogP contribution in [0.1, 0.15) is 24.0 Å². The van der Waals surface area contributed by atoms with E-state index < -0.39 is 6.36 Å². The van der Waals surface area contributed by atoms with E-state index in [9.17, 15) is 22.8 Å². The van der Waals surface area contributed by atoms with Crippen molar-refractivity contribution in [1.82, 2.24) is 9.80 Å². The Bertz CT molecular complexity index is 1250. The third-order valence-corrected chi connectivity index (χ3v) is 6.59. The van der Waals surface area contributed by atoms with Gasteiger partial charge < -0.3 is 9.64 Å². The molecular formula is C28H26F3N3O3. The molecule has 3 amide bonds. The first-order valence-corrected chi connectivity index (χ1v) is 12.1. The van der Waals surface area contributed by atoms with Crippen LogP contribution in [0.3, 0.4) is 0 Å². The van der Waals surface area contributed by atoms with Crippen molar-refractivity contribution < 1.29 is 27.5 Å². The number of ether oxygens (including phenoxy) is 1. The molecule has 0 unspecified atom stereocenters. The third-order valence-electron chi connectivity index (χ3n) is 6.59. The van der Waals surface area contributed by atoms with Crippen molar-refractivity contribution in [1.29, 1.82) is 0 Å². The second-order valence-corrected chi connectivity index (χ2v) is 9.29. The zero-order chi connectivity index (χ0) is 26.0. The van der Waals surface area contributed by atoms with Crippen LogP contribution < -0.4 is 9.64 Å². The lowest BCUT2D eigenvalue weighted by Crippen LogP contribution is -2.32. The number of alkyl halides is 3. The predicted octanol–water partition coefficient (Wildman–Crippen LogP) is 5.82. The topological polar surface area (TPSA) is 53.1 Å². The van der Waals surface area contributed by atoms with Crippen molar-refractivity contribution in [2.45, 2.75) is 32.3 Å². The van der Waals surface area contributed by atoms with Gasteiger partial charge in [0.15, 0.2) is 0 Å². The number of carbonyl (C=O) groups is 2. The summed E-state index contributed by atoms with van der Waals surface area (Å²) in [5.41, 5.74) is 4.04. The molecule has 5 rings (SSSR count). The van der Waals surface area contributed by atoms with Gasteiger partial charge in [-0.1, -0.05) is 48.5 Å². The van der Waals surface area contributed by atoms with Crippen LogP contribution in [-0.2, 0) is 17.9 Å². The number of hydrogen-bond donors (Lipinski definition) is 0. The van der Waals surface area contributed by atoms with Crippen LogP contribution in [0.25, 0.3) is 11.1 Å². The van der Waals surface area contributed by atoms with E-state index in [0.29, 0.717) is 17.8 Å². The van der Waals surface area contributed by atoms with Crippen LogP contribution in [0, 0.1) is 0 Å². The zero-order valence-electron chi connectivity index (χ0n) is 20.1. The Morgan fingerprint density at radius 3 is 1.84 bits per heavy atom. The monoisotopic (exact) mass is 509 g/mol. The van der Waals surface area contributed by atoms with E-state index in [1.807, 2.05) is 12.1 Å². The summed E-state index contributed by atoms with van der Waals surface area (Å²) in [5.74, 6) is -0.612. The Labute approximate surface area is 212 Å². The lowest BCUT2D eigenvalue weighted by Gasteiger charge is -2.18. The molecule has 0 saturated carbocycles. The Morgan fingerprint density at radius 1 is 0.730 bits per heavy atom. The average molecular weight is 510 g/mol. The molecule has 2 aliphatic heterocycles. The van der Waals surface area contributed by atoms with E-state index in [4.69, 9.17) is 0 Å². The van der Waals surface area contributed by atoms with Gasteiger partial charge in [-0.15, -0.1) is 13.2 Å². The Hall–Kier alpha value is -3.85. The first-order valence-electron chi connectivity index (χ1n) is 12.1. The van der Waals surface area contributed by atoms with E-state index in [0.717, 1.165) is 35.7 Å². The average Bonchev–Trinajstić information content (AvgIpc) is 3.47. The fraction of sp³-hybridized carbons (Fsp3) is 0.286. The van der Waals surface area contributed by atoms with Gasteiger partial charge in [-0.3, -0.25) is 9.69 Å². The minimum Gasteiger partial charge on any atom is -0.406 e. The number of likely N-dealkylation sites (tertiary alicyclic amines) is 1. The molecule has 0 spiro atoms. The van der Waals surface area contributed by atoms with Gasteiger partial charge in [-0.2, -0.15) is 0 Å². The Balaban J connectivity index is 1.22. The van der Waals surface area contributed by atoms with Gasteiger partial charge in [0.05, 0.1) is 5.69 Å². The first-order chi connectivity index (χ1) is 17.7. The van der Waals surface area contributed by atoms with Crippen LogP contribution in [-0.4, -0.2) is 47.7 Å². The second-order valence-electron chi connectivity index (χ2n) is 9.29. The number of anilines is 1. The molecule has 2 heterocycles. The van der Waals surface area contributed by atoms with Gasteiger partial charge in [-0.25, -0.2) is 9.69 Å². The van der Waals surface area contributed by atoms with E-state index in [2.05, 4.69) is 21.8 Å². The summed E-state index contributed by atoms with van der Waals surface area (Å²) in [6.07, 6.45) is -2.25. The van der Waals surface area contributed by atoms with Gasteiger partial charge in [-0.05, 0) is 72.5 Å². The minimum atomic E-state index is -4.75. The lowest BCUT2D eigenvalue weighted by molar-refractivity contribution is -0.274. The summed E-state index contributed by atoms with van der Waals surface area (Å²) >= 11 is 0. The fourth-order valence-corrected chi connectivity index (χ4v) is 4.75. The number of imide groups is 1. The summed E-state index contributed by atoms with van der Waals surface area (Å²) in [6, 6.07) is 20.0. The molecule has 0 aliphatic carbocycles. The maximum atomic E-state index is 13.0. The zero-order valence-corrected chi connectivity index (χ0v) is 20.1. The summed E-state index contributed by atoms with van der Waals surface area (Å²) < 4.78 is 41.0. The number of carbonyl (C=O) groups excluding carboxylic acids is 2. The molecule has 3 aromatic rings. The molecule has 6 nitrogen and oxygen atoms in total. The van der Waals surface area contributed by atoms with Crippen LogP contribution in [0.15, 0.2) is 72.8 Å². The summed E-state index contributed by atoms with van der Waals surface area (Å²) in [5, 5.41) is 0. The standard InChI is InChI=1S/C28H26F3N3O3/c29-28(30,31)37-25-13-9-23(10-14-25)22-7-11-24(12-8-22)34-26(35)19-33(27(34)36)18-21-5-3-20(4-6-21)17-32-15-1-2-16-32/h3-14H,1-2,15-19H2. The van der Waals surface area contributed by atoms with Crippen molar-refractivity contribution in [2.75, 3.05) is 24.5 Å². The number of amides is 3. The largest absolute Gasteiger partial charge is 0.573 e. The second kappa shape index (κ2) is 10.3. The van der Waals surface area contributed by atoms with Crippen LogP contribution in [0.5, 0.6) is 5.75 Å². The van der Waals surface area contributed by atoms with Crippen LogP contribution in [0.4, 0.5) is 23.7 Å². The van der Waals surface area contributed by atoms with E-state index in [1.54, 1.807) is 24.3 Å². The predicted molar refractivity (Wildman–Crippen MR) is 133 cm³/mol. The van der Waals surface area contributed by atoms with Gasteiger partial charge in [0, 0.05) is 13.1 Å². The van der Waals surface area contributed by atoms with Crippen LogP contribution >= 0.6 is 0 Å².